The predicted molar refractivity (Wildman–Crippen MR) is 112 cm³/mol. The average Bonchev–Trinajstić information content (AvgIpc) is 3.22. The number of benzene rings is 2. The maximum absolute atomic E-state index is 12.8. The number of aromatic nitrogens is 2. The van der Waals surface area contributed by atoms with Gasteiger partial charge in [-0.05, 0) is 36.8 Å². The number of carbonyl (C=O) groups is 2. The molecular formula is C22H21F3N4O3. The number of halogens is 3. The van der Waals surface area contributed by atoms with Crippen LogP contribution in [0.5, 0.6) is 5.75 Å². The summed E-state index contributed by atoms with van der Waals surface area (Å²) in [6.45, 7) is 1.11. The lowest BCUT2D eigenvalue weighted by atomic mass is 10.1. The zero-order chi connectivity index (χ0) is 23.3. The molecule has 3 aromatic rings. The summed E-state index contributed by atoms with van der Waals surface area (Å²) in [5.41, 5.74) is 1.56. The smallest absolute Gasteiger partial charge is 0.471 e. The Hall–Kier alpha value is -3.82. The molecule has 0 spiro atoms. The van der Waals surface area contributed by atoms with Crippen LogP contribution in [0.3, 0.4) is 0 Å². The summed E-state index contributed by atoms with van der Waals surface area (Å²) < 4.78 is 45.0. The molecule has 7 nitrogen and oxygen atoms in total. The maximum atomic E-state index is 12.8. The zero-order valence-corrected chi connectivity index (χ0v) is 17.4. The molecule has 1 N–H and O–H groups in total. The Bertz CT molecular complexity index is 1100. The summed E-state index contributed by atoms with van der Waals surface area (Å²) in [6.07, 6.45) is -3.38. The topological polar surface area (TPSA) is 76.5 Å². The molecule has 1 aromatic heterocycles. The van der Waals surface area contributed by atoms with E-state index in [0.717, 1.165) is 5.69 Å². The van der Waals surface area contributed by atoms with E-state index >= 15 is 0 Å². The van der Waals surface area contributed by atoms with Crippen LogP contribution >= 0.6 is 0 Å². The van der Waals surface area contributed by atoms with Gasteiger partial charge in [0.2, 0.25) is 0 Å². The van der Waals surface area contributed by atoms with Gasteiger partial charge in [-0.3, -0.25) is 9.59 Å². The molecule has 2 amide bonds. The summed E-state index contributed by atoms with van der Waals surface area (Å²) in [7, 11) is 1.42. The van der Waals surface area contributed by atoms with Gasteiger partial charge in [-0.2, -0.15) is 18.3 Å². The molecule has 0 radical (unpaired) electrons. The monoisotopic (exact) mass is 446 g/mol. The summed E-state index contributed by atoms with van der Waals surface area (Å²) in [4.78, 5) is 25.0. The molecule has 32 heavy (non-hydrogen) atoms. The summed E-state index contributed by atoms with van der Waals surface area (Å²) >= 11 is 0. The highest BCUT2D eigenvalue weighted by Crippen LogP contribution is 2.23. The lowest BCUT2D eigenvalue weighted by molar-refractivity contribution is -0.185. The first kappa shape index (κ1) is 22.9. The molecule has 0 aliphatic rings. The molecule has 1 heterocycles. The van der Waals surface area contributed by atoms with Crippen molar-refractivity contribution in [1.29, 1.82) is 0 Å². The third kappa shape index (κ3) is 5.26. The number of ether oxygens (including phenoxy) is 1. The lowest BCUT2D eigenvalue weighted by Gasteiger charge is -2.22. The van der Waals surface area contributed by atoms with Gasteiger partial charge in [-0.25, -0.2) is 4.68 Å². The first-order chi connectivity index (χ1) is 15.2. The van der Waals surface area contributed by atoms with Crippen LogP contribution in [0.25, 0.3) is 5.69 Å². The molecule has 0 bridgehead atoms. The molecule has 3 rings (SSSR count). The number of amides is 2. The molecule has 0 aliphatic heterocycles. The van der Waals surface area contributed by atoms with Gasteiger partial charge in [-0.15, -0.1) is 0 Å². The van der Waals surface area contributed by atoms with Crippen LogP contribution < -0.4 is 10.1 Å². The van der Waals surface area contributed by atoms with Crippen LogP contribution in [-0.2, 0) is 11.3 Å². The first-order valence-corrected chi connectivity index (χ1v) is 9.68. The third-order valence-corrected chi connectivity index (χ3v) is 4.61. The van der Waals surface area contributed by atoms with Crippen molar-refractivity contribution in [3.05, 3.63) is 72.1 Å². The van der Waals surface area contributed by atoms with E-state index in [2.05, 4.69) is 10.4 Å². The van der Waals surface area contributed by atoms with Crippen molar-refractivity contribution in [2.24, 2.45) is 0 Å². The molecule has 0 aliphatic carbocycles. The summed E-state index contributed by atoms with van der Waals surface area (Å²) in [5, 5.41) is 6.95. The van der Waals surface area contributed by atoms with Crippen molar-refractivity contribution in [1.82, 2.24) is 14.7 Å². The number of para-hydroxylation sites is 1. The first-order valence-electron chi connectivity index (χ1n) is 9.68. The zero-order valence-electron chi connectivity index (χ0n) is 17.4. The van der Waals surface area contributed by atoms with Gasteiger partial charge in [0.1, 0.15) is 0 Å². The minimum Gasteiger partial charge on any atom is -0.493 e. The third-order valence-electron chi connectivity index (χ3n) is 4.61. The fraction of sp³-hybridized carbons (Fsp3) is 0.227. The second-order valence-electron chi connectivity index (χ2n) is 6.80. The highest BCUT2D eigenvalue weighted by atomic mass is 19.4. The van der Waals surface area contributed by atoms with Crippen LogP contribution in [0.1, 0.15) is 23.0 Å². The Morgan fingerprint density at radius 2 is 1.84 bits per heavy atom. The van der Waals surface area contributed by atoms with Crippen molar-refractivity contribution in [2.45, 2.75) is 19.6 Å². The Morgan fingerprint density at radius 1 is 1.12 bits per heavy atom. The Labute approximate surface area is 182 Å². The number of methoxy groups -OCH3 is 1. The van der Waals surface area contributed by atoms with Gasteiger partial charge in [0, 0.05) is 18.8 Å². The van der Waals surface area contributed by atoms with Crippen LogP contribution in [0.15, 0.2) is 60.8 Å². The molecule has 0 saturated heterocycles. The van der Waals surface area contributed by atoms with E-state index in [0.29, 0.717) is 16.2 Å². The van der Waals surface area contributed by atoms with Gasteiger partial charge < -0.3 is 15.0 Å². The lowest BCUT2D eigenvalue weighted by Crippen LogP contribution is -2.40. The number of anilines is 1. The quantitative estimate of drug-likeness (QED) is 0.594. The SMILES string of the molecule is CCN(Cc1cccc(NC(=O)c2nn(-c3ccccc3)cc2OC)c1)C(=O)C(F)(F)F. The van der Waals surface area contributed by atoms with Crippen molar-refractivity contribution in [3.63, 3.8) is 0 Å². The summed E-state index contributed by atoms with van der Waals surface area (Å²) in [5.74, 6) is -2.20. The van der Waals surface area contributed by atoms with E-state index in [1.807, 2.05) is 30.3 Å². The average molecular weight is 446 g/mol. The van der Waals surface area contributed by atoms with Crippen LogP contribution in [0.2, 0.25) is 0 Å². The fourth-order valence-corrected chi connectivity index (χ4v) is 3.04. The van der Waals surface area contributed by atoms with Gasteiger partial charge >= 0.3 is 12.1 Å². The number of nitrogens with one attached hydrogen (secondary N) is 1. The van der Waals surface area contributed by atoms with Crippen LogP contribution in [-0.4, -0.2) is 46.3 Å². The van der Waals surface area contributed by atoms with E-state index in [1.165, 1.54) is 24.8 Å². The molecule has 10 heteroatoms. The van der Waals surface area contributed by atoms with Crippen LogP contribution in [0, 0.1) is 0 Å². The van der Waals surface area contributed by atoms with E-state index < -0.39 is 18.0 Å². The van der Waals surface area contributed by atoms with Crippen molar-refractivity contribution in [3.8, 4) is 11.4 Å². The van der Waals surface area contributed by atoms with Gasteiger partial charge in [0.05, 0.1) is 19.0 Å². The van der Waals surface area contributed by atoms with E-state index in [4.69, 9.17) is 4.74 Å². The molecule has 168 valence electrons. The minimum absolute atomic E-state index is 0.0455. The Balaban J connectivity index is 1.78. The minimum atomic E-state index is -4.95. The van der Waals surface area contributed by atoms with E-state index in [1.54, 1.807) is 24.4 Å². The summed E-state index contributed by atoms with van der Waals surface area (Å²) in [6, 6.07) is 15.4. The molecule has 0 saturated carbocycles. The largest absolute Gasteiger partial charge is 0.493 e. The normalized spacial score (nSPS) is 11.2. The van der Waals surface area contributed by atoms with Crippen molar-refractivity contribution >= 4 is 17.5 Å². The Kier molecular flexibility index (Phi) is 6.82. The second kappa shape index (κ2) is 9.54. The number of rotatable bonds is 7. The van der Waals surface area contributed by atoms with Gasteiger partial charge in [-0.1, -0.05) is 30.3 Å². The number of carbonyl (C=O) groups excluding carboxylic acids is 2. The molecule has 0 unspecified atom stereocenters. The molecule has 2 aromatic carbocycles. The standard InChI is InChI=1S/C22H21F3N4O3/c1-3-28(21(31)22(23,24)25)13-15-8-7-9-16(12-15)26-20(30)19-18(32-2)14-29(27-19)17-10-5-4-6-11-17/h4-12,14H,3,13H2,1-2H3,(H,26,30). The van der Waals surface area contributed by atoms with Gasteiger partial charge in [0.25, 0.3) is 5.91 Å². The Morgan fingerprint density at radius 3 is 2.47 bits per heavy atom. The number of nitrogens with zero attached hydrogens (tertiary/aromatic N) is 3. The van der Waals surface area contributed by atoms with Crippen molar-refractivity contribution < 1.29 is 27.5 Å². The van der Waals surface area contributed by atoms with Gasteiger partial charge in [0.15, 0.2) is 11.4 Å². The number of hydrogen-bond donors (Lipinski definition) is 1. The van der Waals surface area contributed by atoms with Crippen LogP contribution in [0.4, 0.5) is 18.9 Å². The molecule has 0 fully saturated rings. The molecule has 0 atom stereocenters. The number of hydrogen-bond acceptors (Lipinski definition) is 4. The predicted octanol–water partition coefficient (Wildman–Crippen LogP) is 4.04. The highest BCUT2D eigenvalue weighted by molar-refractivity contribution is 6.04. The maximum Gasteiger partial charge on any atom is 0.471 e. The van der Waals surface area contributed by atoms with E-state index in [9.17, 15) is 22.8 Å². The molecular weight excluding hydrogens is 425 g/mol. The van der Waals surface area contributed by atoms with Crippen molar-refractivity contribution in [2.75, 3.05) is 19.0 Å². The number of alkyl halides is 3. The second-order valence-corrected chi connectivity index (χ2v) is 6.80. The highest BCUT2D eigenvalue weighted by Gasteiger charge is 2.41. The fourth-order valence-electron chi connectivity index (χ4n) is 3.04. The van der Waals surface area contributed by atoms with E-state index in [-0.39, 0.29) is 24.5 Å².